The molecule has 0 saturated carbocycles. The maximum absolute atomic E-state index is 4.03. The van der Waals surface area contributed by atoms with Gasteiger partial charge in [-0.25, -0.2) is 15.0 Å². The van der Waals surface area contributed by atoms with E-state index in [2.05, 4.69) is 15.0 Å². The van der Waals surface area contributed by atoms with Gasteiger partial charge in [0.1, 0.15) is 12.2 Å². The molecule has 0 unspecified atom stereocenters. The zero-order valence-electron chi connectivity index (χ0n) is 5.33. The maximum atomic E-state index is 4.03. The van der Waals surface area contributed by atoms with E-state index in [1.807, 2.05) is 13.2 Å². The number of aryl methyl sites for hydroxylation is 1. The number of hydrogen-bond donors (Lipinski definition) is 0. The average molecular weight is 141 g/mol. The van der Waals surface area contributed by atoms with Crippen LogP contribution in [0.25, 0.3) is 0 Å². The minimum atomic E-state index is 0.773. The van der Waals surface area contributed by atoms with Crippen molar-refractivity contribution in [3.8, 4) is 0 Å². The number of aromatic nitrogens is 3. The van der Waals surface area contributed by atoms with Crippen molar-refractivity contribution in [2.45, 2.75) is 12.1 Å². The summed E-state index contributed by atoms with van der Waals surface area (Å²) in [5.74, 6) is 0.773. The minimum absolute atomic E-state index is 0.773. The van der Waals surface area contributed by atoms with Crippen LogP contribution >= 0.6 is 11.8 Å². The summed E-state index contributed by atoms with van der Waals surface area (Å²) in [4.78, 5) is 11.8. The van der Waals surface area contributed by atoms with Gasteiger partial charge in [-0.05, 0) is 13.2 Å². The molecule has 3 nitrogen and oxygen atoms in total. The van der Waals surface area contributed by atoms with Gasteiger partial charge in [-0.1, -0.05) is 11.8 Å². The number of hydrogen-bond acceptors (Lipinski definition) is 4. The lowest BCUT2D eigenvalue weighted by Crippen LogP contribution is -1.90. The third-order valence-corrected chi connectivity index (χ3v) is 1.41. The fourth-order valence-corrected chi connectivity index (χ4v) is 0.832. The van der Waals surface area contributed by atoms with Gasteiger partial charge in [-0.15, -0.1) is 0 Å². The molecule has 1 rings (SSSR count). The Bertz CT molecular complexity index is 201. The first-order valence-electron chi connectivity index (χ1n) is 2.52. The summed E-state index contributed by atoms with van der Waals surface area (Å²) in [6.45, 7) is 1.85. The Kier molecular flexibility index (Phi) is 2.00. The molecule has 9 heavy (non-hydrogen) atoms. The summed E-state index contributed by atoms with van der Waals surface area (Å²) in [7, 11) is 0. The largest absolute Gasteiger partial charge is 0.222 e. The van der Waals surface area contributed by atoms with Crippen LogP contribution in [-0.4, -0.2) is 21.2 Å². The summed E-state index contributed by atoms with van der Waals surface area (Å²) >= 11 is 1.52. The van der Waals surface area contributed by atoms with E-state index in [1.54, 1.807) is 0 Å². The molecular formula is C5H7N3S. The van der Waals surface area contributed by atoms with E-state index in [-0.39, 0.29) is 0 Å². The lowest BCUT2D eigenvalue weighted by atomic mass is 10.7. The van der Waals surface area contributed by atoms with Crippen molar-refractivity contribution in [1.82, 2.24) is 15.0 Å². The standard InChI is InChI=1S/C5H7N3S/c1-4-6-3-7-5(8-4)9-2/h3H,1-2H3. The molecule has 0 radical (unpaired) electrons. The van der Waals surface area contributed by atoms with Crippen molar-refractivity contribution >= 4 is 11.8 Å². The van der Waals surface area contributed by atoms with Crippen molar-refractivity contribution < 1.29 is 0 Å². The van der Waals surface area contributed by atoms with Crippen LogP contribution in [0.1, 0.15) is 5.82 Å². The highest BCUT2D eigenvalue weighted by Crippen LogP contribution is 2.04. The molecular weight excluding hydrogens is 134 g/mol. The molecule has 0 aliphatic rings. The first-order valence-corrected chi connectivity index (χ1v) is 3.75. The van der Waals surface area contributed by atoms with Crippen LogP contribution in [0.5, 0.6) is 0 Å². The Morgan fingerprint density at radius 1 is 1.44 bits per heavy atom. The third kappa shape index (κ3) is 1.64. The van der Waals surface area contributed by atoms with Crippen LogP contribution in [0.3, 0.4) is 0 Å². The Morgan fingerprint density at radius 2 is 2.22 bits per heavy atom. The van der Waals surface area contributed by atoms with Gasteiger partial charge in [0.2, 0.25) is 0 Å². The number of thioether (sulfide) groups is 1. The van der Waals surface area contributed by atoms with Crippen molar-refractivity contribution in [3.63, 3.8) is 0 Å². The van der Waals surface area contributed by atoms with Gasteiger partial charge in [-0.3, -0.25) is 0 Å². The molecule has 1 aromatic rings. The Labute approximate surface area is 57.9 Å². The molecule has 0 saturated heterocycles. The van der Waals surface area contributed by atoms with E-state index in [9.17, 15) is 0 Å². The summed E-state index contributed by atoms with van der Waals surface area (Å²) in [5, 5.41) is 0.780. The molecule has 0 fully saturated rings. The molecule has 0 aromatic carbocycles. The molecule has 4 heteroatoms. The molecule has 0 amide bonds. The maximum Gasteiger partial charge on any atom is 0.190 e. The van der Waals surface area contributed by atoms with Gasteiger partial charge in [0.05, 0.1) is 0 Å². The summed E-state index contributed by atoms with van der Waals surface area (Å²) in [6, 6.07) is 0. The molecule has 1 heterocycles. The highest BCUT2D eigenvalue weighted by Gasteiger charge is 1.90. The Balaban J connectivity index is 2.94. The van der Waals surface area contributed by atoms with Crippen molar-refractivity contribution in [2.75, 3.05) is 6.26 Å². The third-order valence-electron chi connectivity index (χ3n) is 0.853. The molecule has 0 bridgehead atoms. The first-order chi connectivity index (χ1) is 4.33. The molecule has 1 aromatic heterocycles. The van der Waals surface area contributed by atoms with Crippen LogP contribution in [0.4, 0.5) is 0 Å². The van der Waals surface area contributed by atoms with Gasteiger partial charge in [0, 0.05) is 0 Å². The smallest absolute Gasteiger partial charge is 0.190 e. The summed E-state index contributed by atoms with van der Waals surface area (Å²) < 4.78 is 0. The second-order valence-corrected chi connectivity index (χ2v) is 2.29. The highest BCUT2D eigenvalue weighted by molar-refractivity contribution is 7.98. The van der Waals surface area contributed by atoms with Gasteiger partial charge in [0.15, 0.2) is 5.16 Å². The van der Waals surface area contributed by atoms with Crippen LogP contribution in [0, 0.1) is 6.92 Å². The second kappa shape index (κ2) is 2.77. The topological polar surface area (TPSA) is 38.7 Å². The molecule has 0 atom stereocenters. The molecule has 48 valence electrons. The quantitative estimate of drug-likeness (QED) is 0.545. The van der Waals surface area contributed by atoms with Crippen molar-refractivity contribution in [3.05, 3.63) is 12.2 Å². The van der Waals surface area contributed by atoms with Gasteiger partial charge in [-0.2, -0.15) is 0 Å². The normalized spacial score (nSPS) is 9.56. The predicted molar refractivity (Wildman–Crippen MR) is 36.3 cm³/mol. The zero-order chi connectivity index (χ0) is 6.69. The fourth-order valence-electron chi connectivity index (χ4n) is 0.456. The molecule has 0 aliphatic heterocycles. The zero-order valence-corrected chi connectivity index (χ0v) is 6.14. The Morgan fingerprint density at radius 3 is 2.67 bits per heavy atom. The van der Waals surface area contributed by atoms with Crippen LogP contribution in [0.15, 0.2) is 11.5 Å². The van der Waals surface area contributed by atoms with Gasteiger partial charge >= 0.3 is 0 Å². The number of nitrogens with zero attached hydrogens (tertiary/aromatic N) is 3. The van der Waals surface area contributed by atoms with E-state index in [4.69, 9.17) is 0 Å². The fraction of sp³-hybridized carbons (Fsp3) is 0.400. The summed E-state index contributed by atoms with van der Waals surface area (Å²) in [6.07, 6.45) is 3.46. The number of rotatable bonds is 1. The first kappa shape index (κ1) is 6.48. The lowest BCUT2D eigenvalue weighted by Gasteiger charge is -1.91. The van der Waals surface area contributed by atoms with Crippen molar-refractivity contribution in [1.29, 1.82) is 0 Å². The average Bonchev–Trinajstić information content (AvgIpc) is 1.88. The lowest BCUT2D eigenvalue weighted by molar-refractivity contribution is 0.859. The molecule has 0 N–H and O–H groups in total. The minimum Gasteiger partial charge on any atom is -0.222 e. The predicted octanol–water partition coefficient (Wildman–Crippen LogP) is 0.902. The molecule has 0 aliphatic carbocycles. The molecule has 0 spiro atoms. The van der Waals surface area contributed by atoms with E-state index < -0.39 is 0 Å². The van der Waals surface area contributed by atoms with E-state index >= 15 is 0 Å². The second-order valence-electron chi connectivity index (χ2n) is 1.52. The van der Waals surface area contributed by atoms with Crippen molar-refractivity contribution in [2.24, 2.45) is 0 Å². The van der Waals surface area contributed by atoms with Crippen LogP contribution in [0.2, 0.25) is 0 Å². The van der Waals surface area contributed by atoms with E-state index in [1.165, 1.54) is 18.1 Å². The highest BCUT2D eigenvalue weighted by atomic mass is 32.2. The van der Waals surface area contributed by atoms with Gasteiger partial charge < -0.3 is 0 Å². The van der Waals surface area contributed by atoms with Gasteiger partial charge in [0.25, 0.3) is 0 Å². The monoisotopic (exact) mass is 141 g/mol. The van der Waals surface area contributed by atoms with E-state index in [0.29, 0.717) is 0 Å². The summed E-state index contributed by atoms with van der Waals surface area (Å²) in [5.41, 5.74) is 0. The van der Waals surface area contributed by atoms with Crippen LogP contribution < -0.4 is 0 Å². The van der Waals surface area contributed by atoms with Crippen LogP contribution in [-0.2, 0) is 0 Å². The Hall–Kier alpha value is -0.640. The SMILES string of the molecule is CSc1ncnc(C)n1. The van der Waals surface area contributed by atoms with E-state index in [0.717, 1.165) is 11.0 Å².